The van der Waals surface area contributed by atoms with Gasteiger partial charge in [-0.3, -0.25) is 0 Å². The second kappa shape index (κ2) is 4.73. The molecule has 0 fully saturated rings. The smallest absolute Gasteiger partial charge is 0.456 e. The Bertz CT molecular complexity index is 629. The molecule has 0 aliphatic heterocycles. The average Bonchev–Trinajstić information content (AvgIpc) is 2.34. The third kappa shape index (κ3) is 2.70. The summed E-state index contributed by atoms with van der Waals surface area (Å²) in [7, 11) is 0. The molecule has 0 spiro atoms. The number of nitrogens with two attached hydrogens (primary N) is 1. The largest absolute Gasteiger partial charge is 0.470 e. The van der Waals surface area contributed by atoms with Crippen molar-refractivity contribution in [1.82, 2.24) is 9.97 Å². The molecular weight excluding hydrogens is 285 g/mol. The summed E-state index contributed by atoms with van der Waals surface area (Å²) >= 11 is 0. The maximum Gasteiger partial charge on any atom is 0.456 e. The predicted molar refractivity (Wildman–Crippen MR) is 60.4 cm³/mol. The van der Waals surface area contributed by atoms with E-state index >= 15 is 0 Å². The molecule has 0 atom stereocenters. The fourth-order valence-corrected chi connectivity index (χ4v) is 1.42. The van der Waals surface area contributed by atoms with E-state index in [1.54, 1.807) is 6.07 Å². The zero-order valence-corrected chi connectivity index (χ0v) is 9.79. The van der Waals surface area contributed by atoms with Crippen LogP contribution in [0.2, 0.25) is 0 Å². The van der Waals surface area contributed by atoms with Gasteiger partial charge in [0.25, 0.3) is 0 Å². The Morgan fingerprint density at radius 2 is 1.70 bits per heavy atom. The molecule has 0 radical (unpaired) electrons. The lowest BCUT2D eigenvalue weighted by Gasteiger charge is -2.19. The van der Waals surface area contributed by atoms with Gasteiger partial charge in [0.05, 0.1) is 10.9 Å². The van der Waals surface area contributed by atoms with Crippen molar-refractivity contribution in [3.05, 3.63) is 24.3 Å². The van der Waals surface area contributed by atoms with Gasteiger partial charge in [0.2, 0.25) is 11.8 Å². The molecule has 20 heavy (non-hydrogen) atoms. The van der Waals surface area contributed by atoms with Crippen LogP contribution in [0, 0.1) is 0 Å². The first kappa shape index (κ1) is 14.2. The molecule has 1 aromatic carbocycles. The number of fused-ring (bicyclic) bond motifs is 1. The molecule has 9 heteroatoms. The fraction of sp³-hybridized carbons (Fsp3) is 0.273. The molecule has 0 aliphatic carbocycles. The van der Waals surface area contributed by atoms with Crippen LogP contribution in [0.4, 0.5) is 27.9 Å². The van der Waals surface area contributed by atoms with Crippen LogP contribution in [0.1, 0.15) is 0 Å². The van der Waals surface area contributed by atoms with E-state index in [1.807, 2.05) is 0 Å². The highest BCUT2D eigenvalue weighted by Gasteiger charge is 2.58. The Morgan fingerprint density at radius 1 is 1.05 bits per heavy atom. The maximum absolute atomic E-state index is 12.8. The van der Waals surface area contributed by atoms with Crippen LogP contribution in [0.3, 0.4) is 0 Å². The maximum atomic E-state index is 12.8. The number of alkyl halides is 5. The summed E-state index contributed by atoms with van der Waals surface area (Å²) in [5.74, 6) is -5.68. The number of benzene rings is 1. The molecule has 0 saturated heterocycles. The van der Waals surface area contributed by atoms with Gasteiger partial charge in [-0.15, -0.1) is 0 Å². The average molecular weight is 293 g/mol. The number of nitrogens with zero attached hydrogens (tertiary/aromatic N) is 2. The van der Waals surface area contributed by atoms with Crippen molar-refractivity contribution in [1.29, 1.82) is 0 Å². The van der Waals surface area contributed by atoms with Crippen LogP contribution >= 0.6 is 0 Å². The van der Waals surface area contributed by atoms with Gasteiger partial charge in [0, 0.05) is 0 Å². The highest BCUT2D eigenvalue weighted by Crippen LogP contribution is 2.36. The number of aromatic nitrogens is 2. The predicted octanol–water partition coefficient (Wildman–Crippen LogP) is 2.79. The number of halogens is 5. The Kier molecular flexibility index (Phi) is 3.36. The molecular formula is C11H8F5N3O. The lowest BCUT2D eigenvalue weighted by Crippen LogP contribution is -2.41. The van der Waals surface area contributed by atoms with Gasteiger partial charge in [-0.05, 0) is 12.1 Å². The number of ether oxygens (including phenoxy) is 1. The molecule has 4 nitrogen and oxygen atoms in total. The first-order chi connectivity index (χ1) is 9.21. The van der Waals surface area contributed by atoms with E-state index in [1.165, 1.54) is 18.2 Å². The zero-order valence-electron chi connectivity index (χ0n) is 9.79. The summed E-state index contributed by atoms with van der Waals surface area (Å²) in [6.45, 7) is -1.88. The highest BCUT2D eigenvalue weighted by atomic mass is 19.4. The minimum Gasteiger partial charge on any atom is -0.470 e. The Labute approximate surface area is 109 Å². The molecule has 0 saturated carbocycles. The second-order valence-corrected chi connectivity index (χ2v) is 3.89. The third-order valence-electron chi connectivity index (χ3n) is 2.39. The van der Waals surface area contributed by atoms with Gasteiger partial charge in [-0.25, -0.2) is 4.98 Å². The number of anilines is 1. The minimum absolute atomic E-state index is 0.194. The zero-order chi connectivity index (χ0) is 15.0. The van der Waals surface area contributed by atoms with E-state index in [2.05, 4.69) is 14.7 Å². The number of nitrogen functional groups attached to an aromatic ring is 1. The van der Waals surface area contributed by atoms with E-state index < -0.39 is 24.6 Å². The summed E-state index contributed by atoms with van der Waals surface area (Å²) in [6, 6.07) is 6.07. The number of hydrogen-bond acceptors (Lipinski definition) is 4. The van der Waals surface area contributed by atoms with Crippen molar-refractivity contribution in [3.8, 4) is 5.88 Å². The van der Waals surface area contributed by atoms with Crippen LogP contribution in [0.25, 0.3) is 10.9 Å². The molecule has 1 heterocycles. The van der Waals surface area contributed by atoms with Crippen molar-refractivity contribution in [2.45, 2.75) is 12.1 Å². The topological polar surface area (TPSA) is 61.0 Å². The fourth-order valence-electron chi connectivity index (χ4n) is 1.42. The van der Waals surface area contributed by atoms with Gasteiger partial charge < -0.3 is 10.5 Å². The molecule has 108 valence electrons. The standard InChI is InChI=1S/C11H8F5N3O/c12-10(13,11(14,15)16)5-20-8-6-3-1-2-4-7(6)18-9(17)19-8/h1-4H,5H2,(H2,17,18,19). The van der Waals surface area contributed by atoms with Crippen LogP contribution in [-0.2, 0) is 0 Å². The minimum atomic E-state index is -5.69. The van der Waals surface area contributed by atoms with Crippen molar-refractivity contribution in [2.75, 3.05) is 12.3 Å². The summed E-state index contributed by atoms with van der Waals surface area (Å²) in [4.78, 5) is 7.34. The summed E-state index contributed by atoms with van der Waals surface area (Å²) < 4.78 is 66.2. The van der Waals surface area contributed by atoms with E-state index in [0.29, 0.717) is 0 Å². The first-order valence-corrected chi connectivity index (χ1v) is 5.30. The molecule has 0 amide bonds. The van der Waals surface area contributed by atoms with Crippen molar-refractivity contribution < 1.29 is 26.7 Å². The number of hydrogen-bond donors (Lipinski definition) is 1. The quantitative estimate of drug-likeness (QED) is 0.884. The summed E-state index contributed by atoms with van der Waals surface area (Å²) in [6.07, 6.45) is -5.69. The van der Waals surface area contributed by atoms with Gasteiger partial charge in [0.1, 0.15) is 0 Å². The summed E-state index contributed by atoms with van der Waals surface area (Å²) in [5.41, 5.74) is 5.62. The molecule has 1 aromatic heterocycles. The van der Waals surface area contributed by atoms with Gasteiger partial charge in [-0.1, -0.05) is 12.1 Å². The Morgan fingerprint density at radius 3 is 2.35 bits per heavy atom. The van der Waals surface area contributed by atoms with Gasteiger partial charge >= 0.3 is 12.1 Å². The van der Waals surface area contributed by atoms with Crippen LogP contribution in [0.5, 0.6) is 5.88 Å². The highest BCUT2D eigenvalue weighted by molar-refractivity contribution is 5.84. The lowest BCUT2D eigenvalue weighted by atomic mass is 10.2. The van der Waals surface area contributed by atoms with E-state index in [4.69, 9.17) is 5.73 Å². The van der Waals surface area contributed by atoms with Crippen molar-refractivity contribution in [3.63, 3.8) is 0 Å². The first-order valence-electron chi connectivity index (χ1n) is 5.30. The molecule has 2 rings (SSSR count). The monoisotopic (exact) mass is 293 g/mol. The molecule has 0 aliphatic rings. The Balaban J connectivity index is 2.31. The van der Waals surface area contributed by atoms with Crippen LogP contribution in [0.15, 0.2) is 24.3 Å². The van der Waals surface area contributed by atoms with Crippen molar-refractivity contribution >= 4 is 16.9 Å². The van der Waals surface area contributed by atoms with E-state index in [9.17, 15) is 22.0 Å². The van der Waals surface area contributed by atoms with Gasteiger partial charge in [-0.2, -0.15) is 26.9 Å². The molecule has 2 aromatic rings. The normalized spacial score (nSPS) is 12.7. The van der Waals surface area contributed by atoms with Gasteiger partial charge in [0.15, 0.2) is 6.61 Å². The number of rotatable bonds is 3. The third-order valence-corrected chi connectivity index (χ3v) is 2.39. The SMILES string of the molecule is Nc1nc(OCC(F)(F)C(F)(F)F)c2ccccc2n1. The molecule has 0 bridgehead atoms. The number of para-hydroxylation sites is 1. The van der Waals surface area contributed by atoms with Crippen LogP contribution in [-0.4, -0.2) is 28.7 Å². The van der Waals surface area contributed by atoms with Crippen LogP contribution < -0.4 is 10.5 Å². The van der Waals surface area contributed by atoms with Crippen molar-refractivity contribution in [2.24, 2.45) is 0 Å². The molecule has 0 unspecified atom stereocenters. The van der Waals surface area contributed by atoms with E-state index in [0.717, 1.165) is 0 Å². The second-order valence-electron chi connectivity index (χ2n) is 3.89. The summed E-state index contributed by atoms with van der Waals surface area (Å²) in [5, 5.41) is 0.194. The Hall–Kier alpha value is -2.19. The lowest BCUT2D eigenvalue weighted by molar-refractivity contribution is -0.290. The molecule has 2 N–H and O–H groups in total. The van der Waals surface area contributed by atoms with E-state index in [-0.39, 0.29) is 16.9 Å².